The lowest BCUT2D eigenvalue weighted by Crippen LogP contribution is -2.26. The number of nitrogens with one attached hydrogen (secondary N) is 1. The molecule has 0 aliphatic rings. The number of nitrogens with zero attached hydrogens (tertiary/aromatic N) is 5. The lowest BCUT2D eigenvalue weighted by Gasteiger charge is -2.10. The van der Waals surface area contributed by atoms with Gasteiger partial charge in [-0.05, 0) is 37.1 Å². The molecule has 0 aliphatic heterocycles. The van der Waals surface area contributed by atoms with Gasteiger partial charge in [-0.3, -0.25) is 9.48 Å². The topological polar surface area (TPSA) is 77.1 Å². The summed E-state index contributed by atoms with van der Waals surface area (Å²) >= 11 is 5.12. The predicted octanol–water partition coefficient (Wildman–Crippen LogP) is 2.34. The Morgan fingerprint density at radius 3 is 2.88 bits per heavy atom. The second-order valence-corrected chi connectivity index (χ2v) is 5.93. The van der Waals surface area contributed by atoms with Gasteiger partial charge in [0.1, 0.15) is 5.69 Å². The second kappa shape index (κ2) is 6.75. The number of amides is 1. The van der Waals surface area contributed by atoms with E-state index in [-0.39, 0.29) is 11.3 Å². The van der Waals surface area contributed by atoms with Crippen LogP contribution < -0.4 is 5.32 Å². The summed E-state index contributed by atoms with van der Waals surface area (Å²) in [5, 5.41) is 7.04. The van der Waals surface area contributed by atoms with E-state index in [0.29, 0.717) is 25.2 Å². The van der Waals surface area contributed by atoms with E-state index in [9.17, 15) is 13.6 Å². The summed E-state index contributed by atoms with van der Waals surface area (Å²) in [7, 11) is 0. The molecule has 3 aromatic rings. The summed E-state index contributed by atoms with van der Waals surface area (Å²) in [6.07, 6.45) is 4.17. The van der Waals surface area contributed by atoms with Crippen LogP contribution >= 0.6 is 11.6 Å². The van der Waals surface area contributed by atoms with Gasteiger partial charge in [0, 0.05) is 37.2 Å². The van der Waals surface area contributed by atoms with E-state index in [4.69, 9.17) is 11.6 Å². The van der Waals surface area contributed by atoms with E-state index in [1.807, 2.05) is 12.3 Å². The van der Waals surface area contributed by atoms with Crippen LogP contribution in [0.3, 0.4) is 0 Å². The number of carbonyl (C=O) groups excluding carboxylic acids is 1. The first kappa shape index (κ1) is 17.3. The van der Waals surface area contributed by atoms with E-state index < -0.39 is 17.0 Å². The van der Waals surface area contributed by atoms with Crippen LogP contribution in [-0.4, -0.2) is 36.8 Å². The molecule has 0 atom stereocenters. The molecule has 0 radical (unpaired) electrons. The third-order valence-electron chi connectivity index (χ3n) is 3.49. The van der Waals surface area contributed by atoms with Crippen LogP contribution in [-0.2, 0) is 11.9 Å². The lowest BCUT2D eigenvalue weighted by atomic mass is 10.3. The van der Waals surface area contributed by atoms with Crippen molar-refractivity contribution in [2.75, 3.05) is 6.54 Å². The molecular weight excluding hydrogens is 354 g/mol. The van der Waals surface area contributed by atoms with Crippen molar-refractivity contribution in [3.05, 3.63) is 47.7 Å². The number of carbonyl (C=O) groups is 1. The third kappa shape index (κ3) is 3.93. The van der Waals surface area contributed by atoms with E-state index in [2.05, 4.69) is 20.5 Å². The number of aryl methyl sites for hydroxylation is 2. The van der Waals surface area contributed by atoms with Crippen molar-refractivity contribution in [2.24, 2.45) is 0 Å². The molecule has 1 amide bonds. The maximum absolute atomic E-state index is 13.5. The molecule has 0 spiro atoms. The normalized spacial score (nSPS) is 11.8. The van der Waals surface area contributed by atoms with Gasteiger partial charge >= 0.3 is 5.38 Å². The molecule has 7 nitrogen and oxygen atoms in total. The highest BCUT2D eigenvalue weighted by atomic mass is 35.5. The molecule has 0 saturated heterocycles. The smallest absolute Gasteiger partial charge is 0.351 e. The fraction of sp³-hybridized carbons (Fsp3) is 0.333. The van der Waals surface area contributed by atoms with Crippen molar-refractivity contribution in [3.8, 4) is 0 Å². The van der Waals surface area contributed by atoms with E-state index >= 15 is 0 Å². The largest absolute Gasteiger partial charge is 0.364 e. The van der Waals surface area contributed by atoms with Gasteiger partial charge in [-0.15, -0.1) is 0 Å². The van der Waals surface area contributed by atoms with Crippen molar-refractivity contribution in [2.45, 2.75) is 25.3 Å². The number of halogens is 3. The summed E-state index contributed by atoms with van der Waals surface area (Å²) in [5.74, 6) is -0.465. The van der Waals surface area contributed by atoms with Gasteiger partial charge in [0.25, 0.3) is 5.91 Å². The van der Waals surface area contributed by atoms with Gasteiger partial charge in [-0.2, -0.15) is 19.0 Å². The Hall–Kier alpha value is -2.55. The molecule has 0 bridgehead atoms. The van der Waals surface area contributed by atoms with E-state index in [1.165, 1.54) is 6.07 Å². The van der Waals surface area contributed by atoms with Crippen LogP contribution in [0.5, 0.6) is 0 Å². The van der Waals surface area contributed by atoms with Gasteiger partial charge in [-0.25, -0.2) is 9.50 Å². The number of alkyl halides is 3. The standard InChI is InChI=1S/C15H15ClF2N6O/c1-10-8-12(15(16,17)18)24-13(21-10)9-11(22-24)14(25)19-4-2-6-23-7-3-5-20-23/h3,5,7-9H,2,4,6H2,1H3,(H,19,25). The number of rotatable bonds is 6. The average molecular weight is 369 g/mol. The maximum Gasteiger partial charge on any atom is 0.364 e. The number of fused-ring (bicyclic) bond motifs is 1. The SMILES string of the molecule is Cc1cc(C(F)(F)Cl)n2nc(C(=O)NCCCn3cccn3)cc2n1. The molecule has 3 rings (SSSR count). The molecule has 0 fully saturated rings. The summed E-state index contributed by atoms with van der Waals surface area (Å²) in [4.78, 5) is 16.3. The van der Waals surface area contributed by atoms with Gasteiger partial charge in [0.15, 0.2) is 11.3 Å². The minimum atomic E-state index is -3.62. The summed E-state index contributed by atoms with van der Waals surface area (Å²) in [5.41, 5.74) is -0.0420. The van der Waals surface area contributed by atoms with Gasteiger partial charge in [0.05, 0.1) is 0 Å². The van der Waals surface area contributed by atoms with Crippen LogP contribution in [0.4, 0.5) is 8.78 Å². The van der Waals surface area contributed by atoms with Crippen LogP contribution in [0, 0.1) is 6.92 Å². The molecular formula is C15H15ClF2N6O. The van der Waals surface area contributed by atoms with Crippen molar-refractivity contribution in [1.29, 1.82) is 0 Å². The zero-order chi connectivity index (χ0) is 18.0. The number of aromatic nitrogens is 5. The quantitative estimate of drug-likeness (QED) is 0.535. The molecule has 3 heterocycles. The first-order chi connectivity index (χ1) is 11.8. The molecule has 0 aromatic carbocycles. The zero-order valence-electron chi connectivity index (χ0n) is 13.3. The number of hydrogen-bond acceptors (Lipinski definition) is 4. The molecule has 1 N–H and O–H groups in total. The molecule has 25 heavy (non-hydrogen) atoms. The number of hydrogen-bond donors (Lipinski definition) is 1. The fourth-order valence-electron chi connectivity index (χ4n) is 2.38. The molecule has 10 heteroatoms. The highest BCUT2D eigenvalue weighted by molar-refractivity contribution is 6.21. The molecule has 0 aliphatic carbocycles. The van der Waals surface area contributed by atoms with Crippen molar-refractivity contribution < 1.29 is 13.6 Å². The van der Waals surface area contributed by atoms with Gasteiger partial charge in [0.2, 0.25) is 0 Å². The minimum Gasteiger partial charge on any atom is -0.351 e. The lowest BCUT2D eigenvalue weighted by molar-refractivity contribution is 0.0864. The highest BCUT2D eigenvalue weighted by Crippen LogP contribution is 2.32. The molecule has 3 aromatic heterocycles. The van der Waals surface area contributed by atoms with Gasteiger partial charge in [-0.1, -0.05) is 0 Å². The van der Waals surface area contributed by atoms with Gasteiger partial charge < -0.3 is 5.32 Å². The first-order valence-corrected chi connectivity index (χ1v) is 7.92. The van der Waals surface area contributed by atoms with Crippen LogP contribution in [0.1, 0.15) is 28.3 Å². The Morgan fingerprint density at radius 1 is 1.40 bits per heavy atom. The fourth-order valence-corrected chi connectivity index (χ4v) is 2.51. The highest BCUT2D eigenvalue weighted by Gasteiger charge is 2.32. The summed E-state index contributed by atoms with van der Waals surface area (Å²) in [6.45, 7) is 2.62. The summed E-state index contributed by atoms with van der Waals surface area (Å²) in [6, 6.07) is 4.30. The Bertz CT molecular complexity index is 887. The Balaban J connectivity index is 1.71. The molecule has 0 unspecified atom stereocenters. The third-order valence-corrected chi connectivity index (χ3v) is 3.68. The van der Waals surface area contributed by atoms with Crippen LogP contribution in [0.2, 0.25) is 0 Å². The maximum atomic E-state index is 13.5. The van der Waals surface area contributed by atoms with Crippen LogP contribution in [0.25, 0.3) is 5.65 Å². The molecule has 132 valence electrons. The Labute approximate surface area is 146 Å². The van der Waals surface area contributed by atoms with Crippen LogP contribution in [0.15, 0.2) is 30.6 Å². The zero-order valence-corrected chi connectivity index (χ0v) is 14.0. The van der Waals surface area contributed by atoms with Crippen molar-refractivity contribution in [1.82, 2.24) is 29.7 Å². The van der Waals surface area contributed by atoms with E-state index in [0.717, 1.165) is 10.6 Å². The van der Waals surface area contributed by atoms with E-state index in [1.54, 1.807) is 17.8 Å². The Kier molecular flexibility index (Phi) is 4.67. The average Bonchev–Trinajstić information content (AvgIpc) is 3.18. The first-order valence-electron chi connectivity index (χ1n) is 7.55. The van der Waals surface area contributed by atoms with Crippen molar-refractivity contribution >= 4 is 23.2 Å². The predicted molar refractivity (Wildman–Crippen MR) is 86.6 cm³/mol. The molecule has 0 saturated carbocycles. The Morgan fingerprint density at radius 2 is 2.20 bits per heavy atom. The van der Waals surface area contributed by atoms with Crippen molar-refractivity contribution in [3.63, 3.8) is 0 Å². The second-order valence-electron chi connectivity index (χ2n) is 5.46. The summed E-state index contributed by atoms with van der Waals surface area (Å²) < 4.78 is 29.7. The monoisotopic (exact) mass is 368 g/mol. The minimum absolute atomic E-state index is 0.000596.